The van der Waals surface area contributed by atoms with E-state index in [-0.39, 0.29) is 19.2 Å². The third kappa shape index (κ3) is 5.12. The molecule has 0 aromatic carbocycles. The van der Waals surface area contributed by atoms with Gasteiger partial charge < -0.3 is 38.4 Å². The number of aliphatic carboxylic acids is 2. The van der Waals surface area contributed by atoms with E-state index >= 15 is 0 Å². The van der Waals surface area contributed by atoms with E-state index in [0.717, 1.165) is 0 Å². The Bertz CT molecular complexity index is 777. The van der Waals surface area contributed by atoms with Gasteiger partial charge in [0.15, 0.2) is 12.1 Å². The van der Waals surface area contributed by atoms with Crippen LogP contribution in [0.1, 0.15) is 6.92 Å². The van der Waals surface area contributed by atoms with Crippen LogP contribution in [0.3, 0.4) is 0 Å². The molecule has 2 heterocycles. The second kappa shape index (κ2) is 8.74. The maximum atomic E-state index is 11.2. The first-order valence-corrected chi connectivity index (χ1v) is 7.65. The highest BCUT2D eigenvalue weighted by molar-refractivity contribution is 6.50. The fourth-order valence-electron chi connectivity index (χ4n) is 2.07. The van der Waals surface area contributed by atoms with E-state index < -0.39 is 43.5 Å². The molecular weight excluding hydrogens is 387 g/mol. The lowest BCUT2D eigenvalue weighted by atomic mass is 10.2. The average molecular weight is 400 g/mol. The number of hydrogen-bond donors (Lipinski definition) is 1. The minimum absolute atomic E-state index is 0.0160. The second-order valence-electron chi connectivity index (χ2n) is 5.13. The maximum Gasteiger partial charge on any atom is 0.873 e. The Kier molecular flexibility index (Phi) is 6.41. The van der Waals surface area contributed by atoms with Crippen molar-refractivity contribution in [3.63, 3.8) is 0 Å². The number of aryl methyl sites for hydroxylation is 1. The third-order valence-corrected chi connectivity index (χ3v) is 3.26. The van der Waals surface area contributed by atoms with E-state index in [1.54, 1.807) is 6.92 Å². The molecule has 1 atom stereocenters. The van der Waals surface area contributed by atoms with E-state index in [9.17, 15) is 29.1 Å². The molecule has 1 aromatic heterocycles. The molecule has 0 spiro atoms. The minimum atomic E-state index is -2.34. The van der Waals surface area contributed by atoms with E-state index in [1.807, 2.05) is 0 Å². The number of carbonyl (C=O) groups excluding carboxylic acids is 4. The quantitative estimate of drug-likeness (QED) is 0.208. The van der Waals surface area contributed by atoms with Gasteiger partial charge in [-0.2, -0.15) is 9.13 Å². The standard InChI is InChI=1S/C13H13BN2O12/c1-2-15-3-4-16(5-7-6-24-13(23)25-7)12(15)28-14(26-10(21)8(17)18)27-11(22)9(19)20/h3-4,7H,2,5-6H2,1H3,(H-,17,18,19,20). The molecule has 0 bridgehead atoms. The Morgan fingerprint density at radius 1 is 1.36 bits per heavy atom. The van der Waals surface area contributed by atoms with Gasteiger partial charge in [0.1, 0.15) is 25.5 Å². The Hall–Kier alpha value is -3.78. The van der Waals surface area contributed by atoms with Gasteiger partial charge >= 0.3 is 37.4 Å². The molecular formula is C13H13BN2O12. The molecule has 1 N–H and O–H groups in total. The Balaban J connectivity index is 2.22. The van der Waals surface area contributed by atoms with Gasteiger partial charge in [0.2, 0.25) is 0 Å². The van der Waals surface area contributed by atoms with Crippen molar-refractivity contribution in [1.82, 2.24) is 4.57 Å². The summed E-state index contributed by atoms with van der Waals surface area (Å²) in [6, 6.07) is -0.125. The summed E-state index contributed by atoms with van der Waals surface area (Å²) >= 11 is 0. The van der Waals surface area contributed by atoms with Crippen molar-refractivity contribution in [2.75, 3.05) is 6.61 Å². The molecule has 0 saturated carbocycles. The molecule has 1 unspecified atom stereocenters. The minimum Gasteiger partial charge on any atom is -0.539 e. The SMILES string of the molecule is CCn1cc[n+](CC2COC(=O)O2)c1OB(OC(=O)C(=O)[O-])OC(=O)C(=O)O. The number of rotatable bonds is 7. The summed E-state index contributed by atoms with van der Waals surface area (Å²) in [4.78, 5) is 54.6. The number of carbonyl (C=O) groups is 5. The first kappa shape index (κ1) is 20.5. The monoisotopic (exact) mass is 400 g/mol. The first-order chi connectivity index (χ1) is 13.2. The largest absolute Gasteiger partial charge is 0.873 e. The van der Waals surface area contributed by atoms with Gasteiger partial charge in [0.25, 0.3) is 0 Å². The summed E-state index contributed by atoms with van der Waals surface area (Å²) < 4.78 is 26.1. The van der Waals surface area contributed by atoms with Crippen molar-refractivity contribution in [3.05, 3.63) is 12.4 Å². The highest BCUT2D eigenvalue weighted by Crippen LogP contribution is 2.12. The smallest absolute Gasteiger partial charge is 0.539 e. The molecule has 0 radical (unpaired) electrons. The predicted molar refractivity (Wildman–Crippen MR) is 77.7 cm³/mol. The number of ether oxygens (including phenoxy) is 2. The molecule has 0 aliphatic carbocycles. The Morgan fingerprint density at radius 3 is 2.57 bits per heavy atom. The zero-order valence-corrected chi connectivity index (χ0v) is 14.3. The number of nitrogens with zero attached hydrogens (tertiary/aromatic N) is 2. The molecule has 2 rings (SSSR count). The van der Waals surface area contributed by atoms with Crippen LogP contribution in [0.15, 0.2) is 12.4 Å². The second-order valence-corrected chi connectivity index (χ2v) is 5.13. The summed E-state index contributed by atoms with van der Waals surface area (Å²) in [5.41, 5.74) is 0. The molecule has 150 valence electrons. The van der Waals surface area contributed by atoms with E-state index in [4.69, 9.17) is 14.5 Å². The van der Waals surface area contributed by atoms with Gasteiger partial charge in [-0.1, -0.05) is 0 Å². The van der Waals surface area contributed by atoms with Crippen molar-refractivity contribution >= 4 is 37.4 Å². The summed E-state index contributed by atoms with van der Waals surface area (Å²) in [5, 5.41) is 19.1. The van der Waals surface area contributed by atoms with Gasteiger partial charge in [-0.05, 0) is 6.92 Å². The predicted octanol–water partition coefficient (Wildman–Crippen LogP) is -3.38. The van der Waals surface area contributed by atoms with Gasteiger partial charge in [0.05, 0.1) is 6.54 Å². The van der Waals surface area contributed by atoms with Crippen LogP contribution in [0, 0.1) is 0 Å². The zero-order chi connectivity index (χ0) is 20.8. The van der Waals surface area contributed by atoms with Crippen LogP contribution >= 0.6 is 0 Å². The van der Waals surface area contributed by atoms with Gasteiger partial charge in [-0.25, -0.2) is 19.2 Å². The lowest BCUT2D eigenvalue weighted by Gasteiger charge is -2.13. The van der Waals surface area contributed by atoms with Crippen LogP contribution in [0.2, 0.25) is 0 Å². The van der Waals surface area contributed by atoms with Crippen LogP contribution in [0.5, 0.6) is 6.01 Å². The highest BCUT2D eigenvalue weighted by atomic mass is 16.8. The van der Waals surface area contributed by atoms with Crippen LogP contribution < -0.4 is 14.3 Å². The molecule has 1 saturated heterocycles. The summed E-state index contributed by atoms with van der Waals surface area (Å²) in [5.74, 6) is -8.13. The van der Waals surface area contributed by atoms with Crippen LogP contribution in [-0.4, -0.2) is 59.7 Å². The van der Waals surface area contributed by atoms with Crippen LogP contribution in [0.25, 0.3) is 0 Å². The number of aromatic nitrogens is 2. The normalized spacial score (nSPS) is 15.2. The molecule has 28 heavy (non-hydrogen) atoms. The number of carboxylic acid groups (broad SMARTS) is 2. The summed E-state index contributed by atoms with van der Waals surface area (Å²) in [7, 11) is -2.34. The lowest BCUT2D eigenvalue weighted by Crippen LogP contribution is -2.47. The lowest BCUT2D eigenvalue weighted by molar-refractivity contribution is -0.705. The number of hydrogen-bond acceptors (Lipinski definition) is 11. The molecule has 1 fully saturated rings. The average Bonchev–Trinajstić information content (AvgIpc) is 3.21. The zero-order valence-electron chi connectivity index (χ0n) is 14.3. The van der Waals surface area contributed by atoms with Crippen molar-refractivity contribution in [1.29, 1.82) is 0 Å². The van der Waals surface area contributed by atoms with Crippen LogP contribution in [0.4, 0.5) is 4.79 Å². The number of carboxylic acids is 2. The number of imidazole rings is 1. The topological polar surface area (TPSA) is 184 Å². The van der Waals surface area contributed by atoms with Crippen molar-refractivity contribution in [3.8, 4) is 6.01 Å². The van der Waals surface area contributed by atoms with Crippen molar-refractivity contribution in [2.24, 2.45) is 0 Å². The molecule has 1 aliphatic rings. The van der Waals surface area contributed by atoms with E-state index in [1.165, 1.54) is 21.5 Å². The van der Waals surface area contributed by atoms with Gasteiger partial charge in [0, 0.05) is 0 Å². The molecule has 1 aromatic rings. The van der Waals surface area contributed by atoms with E-state index in [0.29, 0.717) is 6.54 Å². The van der Waals surface area contributed by atoms with Crippen molar-refractivity contribution in [2.45, 2.75) is 26.1 Å². The Labute approximate surface area is 156 Å². The summed E-state index contributed by atoms with van der Waals surface area (Å²) in [6.45, 7) is 1.97. The third-order valence-electron chi connectivity index (χ3n) is 3.26. The van der Waals surface area contributed by atoms with Crippen molar-refractivity contribution < 1.29 is 62.2 Å². The first-order valence-electron chi connectivity index (χ1n) is 7.65. The Morgan fingerprint density at radius 2 is 2.04 bits per heavy atom. The van der Waals surface area contributed by atoms with Crippen LogP contribution in [-0.2, 0) is 51.1 Å². The molecule has 15 heteroatoms. The molecule has 1 aliphatic heterocycles. The van der Waals surface area contributed by atoms with Gasteiger partial charge in [-0.3, -0.25) is 0 Å². The fraction of sp³-hybridized carbons (Fsp3) is 0.385. The summed E-state index contributed by atoms with van der Waals surface area (Å²) in [6.07, 6.45) is 1.43. The fourth-order valence-corrected chi connectivity index (χ4v) is 2.07. The molecule has 0 amide bonds. The van der Waals surface area contributed by atoms with Gasteiger partial charge in [-0.15, -0.1) is 0 Å². The molecule has 14 nitrogen and oxygen atoms in total. The number of cyclic esters (lactones) is 2. The highest BCUT2D eigenvalue weighted by Gasteiger charge is 2.41. The van der Waals surface area contributed by atoms with E-state index in [2.05, 4.69) is 14.0 Å². The maximum absolute atomic E-state index is 11.2.